The third kappa shape index (κ3) is 6.15. The molecule has 1 amide bonds. The van der Waals surface area contributed by atoms with E-state index in [-0.39, 0.29) is 5.91 Å². The van der Waals surface area contributed by atoms with Gasteiger partial charge in [0.15, 0.2) is 5.96 Å². The monoisotopic (exact) mass is 421 g/mol. The van der Waals surface area contributed by atoms with E-state index in [9.17, 15) is 4.79 Å². The van der Waals surface area contributed by atoms with Crippen LogP contribution in [0.1, 0.15) is 28.5 Å². The van der Waals surface area contributed by atoms with Crippen LogP contribution >= 0.6 is 11.3 Å². The highest BCUT2D eigenvalue weighted by atomic mass is 32.1. The van der Waals surface area contributed by atoms with Crippen LogP contribution in [0.2, 0.25) is 0 Å². The molecular weight excluding hydrogens is 394 g/mol. The molecule has 1 aromatic heterocycles. The Labute approximate surface area is 181 Å². The van der Waals surface area contributed by atoms with E-state index in [1.54, 1.807) is 18.4 Å². The molecule has 0 atom stereocenters. The molecule has 156 valence electrons. The SMILES string of the molecule is CCNC(=NCc1csc(-c2ccccc2)n1)NCCc1cccc(C(=O)NC)c1. The summed E-state index contributed by atoms with van der Waals surface area (Å²) in [5.74, 6) is 0.687. The van der Waals surface area contributed by atoms with E-state index >= 15 is 0 Å². The summed E-state index contributed by atoms with van der Waals surface area (Å²) < 4.78 is 0. The summed E-state index contributed by atoms with van der Waals surface area (Å²) in [5.41, 5.74) is 3.86. The van der Waals surface area contributed by atoms with Crippen molar-refractivity contribution in [1.82, 2.24) is 20.9 Å². The van der Waals surface area contributed by atoms with Gasteiger partial charge >= 0.3 is 0 Å². The number of nitrogens with zero attached hydrogens (tertiary/aromatic N) is 2. The van der Waals surface area contributed by atoms with Crippen LogP contribution in [0.5, 0.6) is 0 Å². The maximum absolute atomic E-state index is 11.8. The topological polar surface area (TPSA) is 78.4 Å². The molecule has 3 rings (SSSR count). The first-order valence-corrected chi connectivity index (χ1v) is 10.9. The van der Waals surface area contributed by atoms with Gasteiger partial charge in [-0.1, -0.05) is 42.5 Å². The van der Waals surface area contributed by atoms with E-state index < -0.39 is 0 Å². The lowest BCUT2D eigenvalue weighted by Gasteiger charge is -2.11. The highest BCUT2D eigenvalue weighted by molar-refractivity contribution is 7.13. The predicted octanol–water partition coefficient (Wildman–Crippen LogP) is 3.47. The number of hydrogen-bond acceptors (Lipinski definition) is 4. The predicted molar refractivity (Wildman–Crippen MR) is 124 cm³/mol. The fourth-order valence-electron chi connectivity index (χ4n) is 2.93. The Morgan fingerprint density at radius 2 is 1.93 bits per heavy atom. The number of nitrogens with one attached hydrogen (secondary N) is 3. The quantitative estimate of drug-likeness (QED) is 0.384. The number of amides is 1. The van der Waals surface area contributed by atoms with Gasteiger partial charge in [0.2, 0.25) is 0 Å². The Balaban J connectivity index is 1.56. The molecule has 3 aromatic rings. The van der Waals surface area contributed by atoms with Crippen molar-refractivity contribution >= 4 is 23.2 Å². The van der Waals surface area contributed by atoms with E-state index in [4.69, 9.17) is 4.98 Å². The minimum atomic E-state index is -0.0714. The molecule has 7 heteroatoms. The Kier molecular flexibility index (Phi) is 7.97. The van der Waals surface area contributed by atoms with Gasteiger partial charge in [0, 0.05) is 36.6 Å². The van der Waals surface area contributed by atoms with Crippen molar-refractivity contribution in [3.8, 4) is 10.6 Å². The number of carbonyl (C=O) groups is 1. The molecule has 30 heavy (non-hydrogen) atoms. The van der Waals surface area contributed by atoms with E-state index in [1.165, 1.54) is 0 Å². The van der Waals surface area contributed by atoms with Gasteiger partial charge in [-0.2, -0.15) is 0 Å². The number of benzene rings is 2. The standard InChI is InChI=1S/C23H27N5OS/c1-3-25-23(26-13-12-17-8-7-11-19(14-17)21(29)24-2)27-15-20-16-30-22(28-20)18-9-5-4-6-10-18/h4-11,14,16H,3,12-13,15H2,1-2H3,(H,24,29)(H2,25,26,27). The minimum absolute atomic E-state index is 0.0714. The second kappa shape index (κ2) is 11.1. The van der Waals surface area contributed by atoms with Crippen molar-refractivity contribution in [1.29, 1.82) is 0 Å². The smallest absolute Gasteiger partial charge is 0.251 e. The molecule has 0 aliphatic carbocycles. The second-order valence-corrected chi connectivity index (χ2v) is 7.52. The molecule has 0 bridgehead atoms. The van der Waals surface area contributed by atoms with Gasteiger partial charge in [0.25, 0.3) is 5.91 Å². The average Bonchev–Trinajstić information content (AvgIpc) is 3.27. The number of aromatic nitrogens is 1. The maximum Gasteiger partial charge on any atom is 0.251 e. The first kappa shape index (κ1) is 21.5. The summed E-state index contributed by atoms with van der Waals surface area (Å²) in [6, 6.07) is 17.9. The van der Waals surface area contributed by atoms with Gasteiger partial charge in [-0.15, -0.1) is 11.3 Å². The molecular formula is C23H27N5OS. The lowest BCUT2D eigenvalue weighted by molar-refractivity contribution is 0.0963. The Morgan fingerprint density at radius 3 is 2.70 bits per heavy atom. The number of guanidine groups is 1. The fourth-order valence-corrected chi connectivity index (χ4v) is 3.75. The highest BCUT2D eigenvalue weighted by Gasteiger charge is 2.06. The van der Waals surface area contributed by atoms with Gasteiger partial charge in [-0.05, 0) is 31.0 Å². The number of rotatable bonds is 8. The van der Waals surface area contributed by atoms with E-state index in [2.05, 4.69) is 38.5 Å². The van der Waals surface area contributed by atoms with Crippen LogP contribution in [-0.4, -0.2) is 37.0 Å². The van der Waals surface area contributed by atoms with Crippen molar-refractivity contribution in [3.05, 3.63) is 76.8 Å². The summed E-state index contributed by atoms with van der Waals surface area (Å²) in [5, 5.41) is 12.3. The lowest BCUT2D eigenvalue weighted by Crippen LogP contribution is -2.38. The van der Waals surface area contributed by atoms with Crippen LogP contribution in [0, 0.1) is 0 Å². The van der Waals surface area contributed by atoms with Crippen LogP contribution in [-0.2, 0) is 13.0 Å². The summed E-state index contributed by atoms with van der Waals surface area (Å²) in [6.07, 6.45) is 0.796. The molecule has 0 spiro atoms. The maximum atomic E-state index is 11.8. The van der Waals surface area contributed by atoms with Crippen LogP contribution < -0.4 is 16.0 Å². The number of aliphatic imine (C=N–C) groups is 1. The molecule has 0 aliphatic rings. The highest BCUT2D eigenvalue weighted by Crippen LogP contribution is 2.23. The van der Waals surface area contributed by atoms with Crippen molar-refractivity contribution in [2.75, 3.05) is 20.1 Å². The third-order valence-electron chi connectivity index (χ3n) is 4.44. The molecule has 0 radical (unpaired) electrons. The summed E-state index contributed by atoms with van der Waals surface area (Å²) >= 11 is 1.63. The number of carbonyl (C=O) groups excluding carboxylic acids is 1. The molecule has 0 saturated carbocycles. The Morgan fingerprint density at radius 1 is 1.10 bits per heavy atom. The van der Waals surface area contributed by atoms with Crippen molar-refractivity contribution < 1.29 is 4.79 Å². The summed E-state index contributed by atoms with van der Waals surface area (Å²) in [4.78, 5) is 21.1. The molecule has 1 heterocycles. The van der Waals surface area contributed by atoms with Crippen molar-refractivity contribution in [2.24, 2.45) is 4.99 Å². The van der Waals surface area contributed by atoms with Crippen molar-refractivity contribution in [3.63, 3.8) is 0 Å². The third-order valence-corrected chi connectivity index (χ3v) is 5.38. The molecule has 0 fully saturated rings. The summed E-state index contributed by atoms with van der Waals surface area (Å²) in [6.45, 7) is 4.06. The van der Waals surface area contributed by atoms with E-state index in [1.807, 2.05) is 49.4 Å². The minimum Gasteiger partial charge on any atom is -0.357 e. The number of hydrogen-bond donors (Lipinski definition) is 3. The van der Waals surface area contributed by atoms with Crippen LogP contribution in [0.3, 0.4) is 0 Å². The number of thiazole rings is 1. The lowest BCUT2D eigenvalue weighted by atomic mass is 10.1. The van der Waals surface area contributed by atoms with Gasteiger partial charge in [0.1, 0.15) is 5.01 Å². The first-order chi connectivity index (χ1) is 14.7. The van der Waals surface area contributed by atoms with Crippen molar-refractivity contribution in [2.45, 2.75) is 19.9 Å². The Hall–Kier alpha value is -3.19. The first-order valence-electron chi connectivity index (χ1n) is 10.0. The second-order valence-electron chi connectivity index (χ2n) is 6.66. The van der Waals surface area contributed by atoms with Crippen LogP contribution in [0.15, 0.2) is 65.0 Å². The van der Waals surface area contributed by atoms with Crippen LogP contribution in [0.4, 0.5) is 0 Å². The van der Waals surface area contributed by atoms with Crippen LogP contribution in [0.25, 0.3) is 10.6 Å². The normalized spacial score (nSPS) is 11.2. The van der Waals surface area contributed by atoms with Gasteiger partial charge in [-0.3, -0.25) is 4.79 Å². The van der Waals surface area contributed by atoms with E-state index in [0.717, 1.165) is 47.3 Å². The van der Waals surface area contributed by atoms with Gasteiger partial charge in [-0.25, -0.2) is 9.98 Å². The average molecular weight is 422 g/mol. The molecule has 3 N–H and O–H groups in total. The van der Waals surface area contributed by atoms with Gasteiger partial charge < -0.3 is 16.0 Å². The fraction of sp³-hybridized carbons (Fsp3) is 0.261. The summed E-state index contributed by atoms with van der Waals surface area (Å²) in [7, 11) is 1.64. The molecule has 2 aromatic carbocycles. The Bertz CT molecular complexity index is 984. The molecule has 0 aliphatic heterocycles. The molecule has 6 nitrogen and oxygen atoms in total. The molecule has 0 saturated heterocycles. The zero-order valence-electron chi connectivity index (χ0n) is 17.3. The zero-order chi connectivity index (χ0) is 21.2. The zero-order valence-corrected chi connectivity index (χ0v) is 18.1. The van der Waals surface area contributed by atoms with Gasteiger partial charge in [0.05, 0.1) is 12.2 Å². The largest absolute Gasteiger partial charge is 0.357 e. The molecule has 0 unspecified atom stereocenters. The van der Waals surface area contributed by atoms with E-state index in [0.29, 0.717) is 12.1 Å².